The lowest BCUT2D eigenvalue weighted by Gasteiger charge is -2.15. The van der Waals surface area contributed by atoms with Crippen LogP contribution in [0.3, 0.4) is 0 Å². The third-order valence-electron chi connectivity index (χ3n) is 3.91. The lowest BCUT2D eigenvalue weighted by Crippen LogP contribution is -2.25. The van der Waals surface area contributed by atoms with Crippen LogP contribution in [0, 0.1) is 0 Å². The molecule has 0 radical (unpaired) electrons. The van der Waals surface area contributed by atoms with Crippen LogP contribution in [0.25, 0.3) is 0 Å². The van der Waals surface area contributed by atoms with Gasteiger partial charge in [0.2, 0.25) is 5.91 Å². The van der Waals surface area contributed by atoms with Crippen molar-refractivity contribution in [3.05, 3.63) is 51.5 Å². The van der Waals surface area contributed by atoms with Gasteiger partial charge in [-0.1, -0.05) is 12.1 Å². The first-order valence-electron chi connectivity index (χ1n) is 7.85. The van der Waals surface area contributed by atoms with E-state index in [4.69, 9.17) is 5.11 Å². The number of benzene rings is 1. The Kier molecular flexibility index (Phi) is 5.08. The second-order valence-electron chi connectivity index (χ2n) is 5.73. The first-order valence-corrected chi connectivity index (χ1v) is 8.73. The van der Waals surface area contributed by atoms with Gasteiger partial charge in [-0.15, -0.1) is 11.3 Å². The summed E-state index contributed by atoms with van der Waals surface area (Å²) in [5, 5.41) is 13.6. The van der Waals surface area contributed by atoms with E-state index < -0.39 is 5.97 Å². The number of likely N-dealkylation sites (tertiary alicyclic amines) is 1. The van der Waals surface area contributed by atoms with Gasteiger partial charge in [0.1, 0.15) is 5.01 Å². The Morgan fingerprint density at radius 1 is 1.36 bits per heavy atom. The van der Waals surface area contributed by atoms with Crippen LogP contribution in [0.15, 0.2) is 29.6 Å². The zero-order chi connectivity index (χ0) is 17.8. The minimum absolute atomic E-state index is 0.0217. The molecule has 0 bridgehead atoms. The number of rotatable bonds is 6. The van der Waals surface area contributed by atoms with Crippen LogP contribution in [0.2, 0.25) is 0 Å². The molecule has 0 atom stereocenters. The highest BCUT2D eigenvalue weighted by atomic mass is 32.1. The monoisotopic (exact) mass is 359 g/mol. The van der Waals surface area contributed by atoms with Crippen molar-refractivity contribution in [1.29, 1.82) is 0 Å². The third-order valence-corrected chi connectivity index (χ3v) is 4.75. The fraction of sp³-hybridized carbons (Fsp3) is 0.294. The van der Waals surface area contributed by atoms with Crippen molar-refractivity contribution in [2.45, 2.75) is 25.9 Å². The van der Waals surface area contributed by atoms with E-state index in [1.807, 2.05) is 6.07 Å². The van der Waals surface area contributed by atoms with Crippen LogP contribution in [0.4, 0.5) is 0 Å². The number of carboxylic acids is 1. The van der Waals surface area contributed by atoms with Gasteiger partial charge in [-0.05, 0) is 24.1 Å². The Labute approximate surface area is 148 Å². The molecule has 1 aliphatic rings. The van der Waals surface area contributed by atoms with E-state index in [9.17, 15) is 14.4 Å². The van der Waals surface area contributed by atoms with Crippen LogP contribution in [-0.2, 0) is 17.9 Å². The lowest BCUT2D eigenvalue weighted by atomic mass is 10.1. The summed E-state index contributed by atoms with van der Waals surface area (Å²) in [6.45, 7) is 1.44. The van der Waals surface area contributed by atoms with Gasteiger partial charge in [-0.3, -0.25) is 9.59 Å². The van der Waals surface area contributed by atoms with Crippen molar-refractivity contribution in [2.75, 3.05) is 6.54 Å². The molecule has 0 saturated carbocycles. The number of hydrogen-bond acceptors (Lipinski definition) is 5. The zero-order valence-electron chi connectivity index (χ0n) is 13.4. The highest BCUT2D eigenvalue weighted by Gasteiger charge is 2.20. The number of amides is 2. The molecule has 1 saturated heterocycles. The fourth-order valence-corrected chi connectivity index (χ4v) is 3.36. The Morgan fingerprint density at radius 3 is 2.88 bits per heavy atom. The standard InChI is InChI=1S/C17H17N3O4S/c21-15-5-2-6-20(15)9-11-3-1-4-12(7-11)16(22)18-8-14-19-13(10-25-14)17(23)24/h1,3-4,7,10H,2,5-6,8-9H2,(H,18,22)(H,23,24). The summed E-state index contributed by atoms with van der Waals surface area (Å²) in [6, 6.07) is 7.15. The molecule has 7 nitrogen and oxygen atoms in total. The molecule has 0 unspecified atom stereocenters. The molecular formula is C17H17N3O4S. The van der Waals surface area contributed by atoms with Crippen molar-refractivity contribution in [1.82, 2.24) is 15.2 Å². The molecule has 0 aliphatic carbocycles. The smallest absolute Gasteiger partial charge is 0.355 e. The predicted molar refractivity (Wildman–Crippen MR) is 91.3 cm³/mol. The second-order valence-corrected chi connectivity index (χ2v) is 6.68. The highest BCUT2D eigenvalue weighted by molar-refractivity contribution is 7.09. The van der Waals surface area contributed by atoms with E-state index in [-0.39, 0.29) is 24.1 Å². The van der Waals surface area contributed by atoms with Crippen LogP contribution in [0.1, 0.15) is 44.3 Å². The Hall–Kier alpha value is -2.74. The summed E-state index contributed by atoms with van der Waals surface area (Å²) in [6.07, 6.45) is 1.47. The molecule has 0 spiro atoms. The Bertz CT molecular complexity index is 818. The molecule has 130 valence electrons. The number of aromatic carboxylic acids is 1. The first-order chi connectivity index (χ1) is 12.0. The summed E-state index contributed by atoms with van der Waals surface area (Å²) in [4.78, 5) is 40.5. The van der Waals surface area contributed by atoms with Crippen molar-refractivity contribution >= 4 is 29.1 Å². The quantitative estimate of drug-likeness (QED) is 0.820. The Balaban J connectivity index is 1.60. The van der Waals surface area contributed by atoms with Gasteiger partial charge in [-0.2, -0.15) is 0 Å². The largest absolute Gasteiger partial charge is 0.476 e. The van der Waals surface area contributed by atoms with Crippen molar-refractivity contribution in [2.24, 2.45) is 0 Å². The van der Waals surface area contributed by atoms with Crippen LogP contribution in [-0.4, -0.2) is 39.3 Å². The molecule has 2 N–H and O–H groups in total. The van der Waals surface area contributed by atoms with E-state index in [2.05, 4.69) is 10.3 Å². The summed E-state index contributed by atoms with van der Waals surface area (Å²) in [5.74, 6) is -1.20. The van der Waals surface area contributed by atoms with Gasteiger partial charge < -0.3 is 15.3 Å². The molecule has 1 aromatic carbocycles. The summed E-state index contributed by atoms with van der Waals surface area (Å²) in [7, 11) is 0. The van der Waals surface area contributed by atoms with Gasteiger partial charge in [0.25, 0.3) is 5.91 Å². The zero-order valence-corrected chi connectivity index (χ0v) is 14.2. The number of nitrogens with one attached hydrogen (secondary N) is 1. The van der Waals surface area contributed by atoms with Crippen molar-refractivity contribution in [3.63, 3.8) is 0 Å². The minimum atomic E-state index is -1.09. The maximum absolute atomic E-state index is 12.3. The van der Waals surface area contributed by atoms with Gasteiger partial charge in [0, 0.05) is 30.5 Å². The summed E-state index contributed by atoms with van der Waals surface area (Å²) in [5.41, 5.74) is 1.39. The molecule has 8 heteroatoms. The van der Waals surface area contributed by atoms with Crippen LogP contribution < -0.4 is 5.32 Å². The lowest BCUT2D eigenvalue weighted by molar-refractivity contribution is -0.128. The van der Waals surface area contributed by atoms with E-state index in [0.29, 0.717) is 23.5 Å². The third kappa shape index (κ3) is 4.21. The van der Waals surface area contributed by atoms with Gasteiger partial charge in [-0.25, -0.2) is 9.78 Å². The summed E-state index contributed by atoms with van der Waals surface area (Å²) >= 11 is 1.19. The van der Waals surface area contributed by atoms with Crippen LogP contribution >= 0.6 is 11.3 Å². The Morgan fingerprint density at radius 2 is 2.20 bits per heavy atom. The maximum atomic E-state index is 12.3. The molecule has 1 aliphatic heterocycles. The highest BCUT2D eigenvalue weighted by Crippen LogP contribution is 2.15. The molecule has 2 amide bonds. The molecule has 1 fully saturated rings. The number of carboxylic acid groups (broad SMARTS) is 1. The maximum Gasteiger partial charge on any atom is 0.355 e. The van der Waals surface area contributed by atoms with E-state index in [0.717, 1.165) is 18.5 Å². The molecule has 1 aromatic heterocycles. The molecular weight excluding hydrogens is 342 g/mol. The number of hydrogen-bond donors (Lipinski definition) is 2. The van der Waals surface area contributed by atoms with Gasteiger partial charge in [0.05, 0.1) is 6.54 Å². The van der Waals surface area contributed by atoms with Crippen molar-refractivity contribution in [3.8, 4) is 0 Å². The molecule has 25 heavy (non-hydrogen) atoms. The number of aromatic nitrogens is 1. The normalized spacial score (nSPS) is 13.9. The SMILES string of the molecule is O=C(NCc1nc(C(=O)O)cs1)c1cccc(CN2CCCC2=O)c1. The number of nitrogens with zero attached hydrogens (tertiary/aromatic N) is 2. The van der Waals surface area contributed by atoms with Gasteiger partial charge in [0.15, 0.2) is 5.69 Å². The first kappa shape index (κ1) is 17.1. The summed E-state index contributed by atoms with van der Waals surface area (Å²) < 4.78 is 0. The average molecular weight is 359 g/mol. The minimum Gasteiger partial charge on any atom is -0.476 e. The van der Waals surface area contributed by atoms with E-state index in [1.165, 1.54) is 16.7 Å². The van der Waals surface area contributed by atoms with Gasteiger partial charge >= 0.3 is 5.97 Å². The topological polar surface area (TPSA) is 99.6 Å². The fourth-order valence-electron chi connectivity index (χ4n) is 2.65. The number of thiazole rings is 1. The van der Waals surface area contributed by atoms with Crippen molar-refractivity contribution < 1.29 is 19.5 Å². The molecule has 2 aromatic rings. The number of carbonyl (C=O) groups excluding carboxylic acids is 2. The van der Waals surface area contributed by atoms with E-state index in [1.54, 1.807) is 23.1 Å². The number of carbonyl (C=O) groups is 3. The average Bonchev–Trinajstić information content (AvgIpc) is 3.23. The van der Waals surface area contributed by atoms with E-state index >= 15 is 0 Å². The molecule has 3 rings (SSSR count). The predicted octanol–water partition coefficient (Wildman–Crippen LogP) is 1.89. The van der Waals surface area contributed by atoms with Crippen LogP contribution in [0.5, 0.6) is 0 Å². The second kappa shape index (κ2) is 7.43. The molecule has 2 heterocycles.